The fourth-order valence-electron chi connectivity index (χ4n) is 1.74. The van der Waals surface area contributed by atoms with E-state index in [4.69, 9.17) is 40.5 Å². The maximum Gasteiger partial charge on any atom is 0.127 e. The first kappa shape index (κ1) is 14.5. The molecule has 0 aliphatic heterocycles. The molecule has 0 saturated heterocycles. The number of pyridine rings is 1. The van der Waals surface area contributed by atoms with E-state index in [9.17, 15) is 4.39 Å². The molecule has 1 aromatic carbocycles. The molecule has 0 aliphatic carbocycles. The topological polar surface area (TPSA) is 38.9 Å². The van der Waals surface area contributed by atoms with Crippen molar-refractivity contribution in [2.75, 3.05) is 0 Å². The summed E-state index contributed by atoms with van der Waals surface area (Å²) in [6.45, 7) is 0. The average Bonchev–Trinajstić information content (AvgIpc) is 2.33. The third-order valence-electron chi connectivity index (χ3n) is 2.67. The lowest BCUT2D eigenvalue weighted by atomic mass is 10.0. The summed E-state index contributed by atoms with van der Waals surface area (Å²) in [6, 6.07) is 5.49. The summed E-state index contributed by atoms with van der Waals surface area (Å²) in [4.78, 5) is 4.08. The number of hydrogen-bond acceptors (Lipinski definition) is 2. The summed E-state index contributed by atoms with van der Waals surface area (Å²) >= 11 is 17.7. The molecular formula is C13H10Cl3FN2. The summed E-state index contributed by atoms with van der Waals surface area (Å²) in [5.74, 6) is -0.395. The highest BCUT2D eigenvalue weighted by Crippen LogP contribution is 2.28. The standard InChI is InChI=1S/C13H10Cl3FN2/c14-7-4-10(16)13(19-6-7)12(18)5-8-9(15)2-1-3-11(8)17/h1-4,6,12H,5,18H2. The highest BCUT2D eigenvalue weighted by Gasteiger charge is 2.17. The predicted octanol–water partition coefficient (Wildman–Crippen LogP) is 4.42. The van der Waals surface area contributed by atoms with E-state index in [0.717, 1.165) is 0 Å². The molecule has 0 radical (unpaired) electrons. The van der Waals surface area contributed by atoms with Crippen LogP contribution in [0.25, 0.3) is 0 Å². The summed E-state index contributed by atoms with van der Waals surface area (Å²) in [6.07, 6.45) is 1.66. The van der Waals surface area contributed by atoms with Gasteiger partial charge in [0, 0.05) is 16.8 Å². The van der Waals surface area contributed by atoms with Crippen LogP contribution in [0.1, 0.15) is 17.3 Å². The van der Waals surface area contributed by atoms with Crippen molar-refractivity contribution in [1.29, 1.82) is 0 Å². The van der Waals surface area contributed by atoms with Crippen molar-refractivity contribution in [1.82, 2.24) is 4.98 Å². The van der Waals surface area contributed by atoms with Crippen LogP contribution in [0, 0.1) is 5.82 Å². The van der Waals surface area contributed by atoms with Crippen LogP contribution >= 0.6 is 34.8 Å². The molecule has 1 aromatic heterocycles. The highest BCUT2D eigenvalue weighted by atomic mass is 35.5. The molecule has 0 fully saturated rings. The Morgan fingerprint density at radius 2 is 1.95 bits per heavy atom. The van der Waals surface area contributed by atoms with Gasteiger partial charge in [0.15, 0.2) is 0 Å². The number of hydrogen-bond donors (Lipinski definition) is 1. The molecule has 2 N–H and O–H groups in total. The molecule has 19 heavy (non-hydrogen) atoms. The minimum atomic E-state index is -0.556. The fraction of sp³-hybridized carbons (Fsp3) is 0.154. The smallest absolute Gasteiger partial charge is 0.127 e. The van der Waals surface area contributed by atoms with E-state index >= 15 is 0 Å². The van der Waals surface area contributed by atoms with Gasteiger partial charge in [-0.3, -0.25) is 4.98 Å². The zero-order valence-electron chi connectivity index (χ0n) is 9.71. The molecule has 1 heterocycles. The van der Waals surface area contributed by atoms with E-state index in [2.05, 4.69) is 4.98 Å². The Hall–Kier alpha value is -0.870. The number of nitrogens with zero attached hydrogens (tertiary/aromatic N) is 1. The second kappa shape index (κ2) is 6.06. The Bertz CT molecular complexity index is 584. The second-order valence-corrected chi connectivity index (χ2v) is 5.28. The lowest BCUT2D eigenvalue weighted by Gasteiger charge is -2.14. The largest absolute Gasteiger partial charge is 0.322 e. The Morgan fingerprint density at radius 1 is 1.21 bits per heavy atom. The van der Waals surface area contributed by atoms with Crippen LogP contribution in [0.15, 0.2) is 30.5 Å². The Labute approximate surface area is 125 Å². The molecule has 1 unspecified atom stereocenters. The van der Waals surface area contributed by atoms with Crippen molar-refractivity contribution >= 4 is 34.8 Å². The van der Waals surface area contributed by atoms with Crippen molar-refractivity contribution in [3.8, 4) is 0 Å². The van der Waals surface area contributed by atoms with Gasteiger partial charge in [0.2, 0.25) is 0 Å². The van der Waals surface area contributed by atoms with E-state index in [1.54, 1.807) is 18.2 Å². The van der Waals surface area contributed by atoms with Crippen LogP contribution in [0.2, 0.25) is 15.1 Å². The molecule has 6 heteroatoms. The van der Waals surface area contributed by atoms with Crippen LogP contribution in [0.5, 0.6) is 0 Å². The molecular weight excluding hydrogens is 310 g/mol. The SMILES string of the molecule is NC(Cc1c(F)cccc1Cl)c1ncc(Cl)cc1Cl. The Balaban J connectivity index is 2.28. The van der Waals surface area contributed by atoms with Gasteiger partial charge in [-0.1, -0.05) is 40.9 Å². The predicted molar refractivity (Wildman–Crippen MR) is 76.3 cm³/mol. The Morgan fingerprint density at radius 3 is 2.58 bits per heavy atom. The van der Waals surface area contributed by atoms with Gasteiger partial charge in [-0.2, -0.15) is 0 Å². The van der Waals surface area contributed by atoms with Crippen LogP contribution in [-0.2, 0) is 6.42 Å². The van der Waals surface area contributed by atoms with Crippen molar-refractivity contribution in [2.45, 2.75) is 12.5 Å². The fourth-order valence-corrected chi connectivity index (χ4v) is 2.50. The number of aromatic nitrogens is 1. The zero-order valence-corrected chi connectivity index (χ0v) is 12.0. The third-order valence-corrected chi connectivity index (χ3v) is 3.54. The first-order valence-electron chi connectivity index (χ1n) is 5.48. The quantitative estimate of drug-likeness (QED) is 0.909. The van der Waals surface area contributed by atoms with Crippen molar-refractivity contribution in [2.24, 2.45) is 5.73 Å². The number of nitrogens with two attached hydrogens (primary N) is 1. The van der Waals surface area contributed by atoms with Gasteiger partial charge in [-0.15, -0.1) is 0 Å². The van der Waals surface area contributed by atoms with Gasteiger partial charge in [0.05, 0.1) is 21.8 Å². The molecule has 0 amide bonds. The highest BCUT2D eigenvalue weighted by molar-refractivity contribution is 6.34. The molecule has 0 aliphatic rings. The normalized spacial score (nSPS) is 12.5. The molecule has 100 valence electrons. The van der Waals surface area contributed by atoms with Gasteiger partial charge in [-0.25, -0.2) is 4.39 Å². The molecule has 2 nitrogen and oxygen atoms in total. The van der Waals surface area contributed by atoms with Crippen molar-refractivity contribution in [3.63, 3.8) is 0 Å². The number of halogens is 4. The lowest BCUT2D eigenvalue weighted by Crippen LogP contribution is -2.16. The van der Waals surface area contributed by atoms with Gasteiger partial charge < -0.3 is 5.73 Å². The molecule has 2 rings (SSSR count). The lowest BCUT2D eigenvalue weighted by molar-refractivity contribution is 0.590. The number of rotatable bonds is 3. The monoisotopic (exact) mass is 318 g/mol. The van der Waals surface area contributed by atoms with Crippen LogP contribution in [0.4, 0.5) is 4.39 Å². The minimum Gasteiger partial charge on any atom is -0.322 e. The van der Waals surface area contributed by atoms with Crippen LogP contribution in [0.3, 0.4) is 0 Å². The summed E-state index contributed by atoms with van der Waals surface area (Å²) in [5.41, 5.74) is 6.82. The first-order valence-corrected chi connectivity index (χ1v) is 6.62. The summed E-state index contributed by atoms with van der Waals surface area (Å²) in [7, 11) is 0. The molecule has 0 saturated carbocycles. The minimum absolute atomic E-state index is 0.208. The number of benzene rings is 1. The average molecular weight is 320 g/mol. The molecule has 0 spiro atoms. The van der Waals surface area contributed by atoms with Crippen molar-refractivity contribution < 1.29 is 4.39 Å². The molecule has 1 atom stereocenters. The van der Waals surface area contributed by atoms with E-state index in [1.165, 1.54) is 12.3 Å². The van der Waals surface area contributed by atoms with Gasteiger partial charge >= 0.3 is 0 Å². The van der Waals surface area contributed by atoms with Gasteiger partial charge in [0.25, 0.3) is 0 Å². The second-order valence-electron chi connectivity index (χ2n) is 4.03. The van der Waals surface area contributed by atoms with Gasteiger partial charge in [-0.05, 0) is 24.6 Å². The molecule has 2 aromatic rings. The van der Waals surface area contributed by atoms with E-state index in [0.29, 0.717) is 26.3 Å². The molecule has 0 bridgehead atoms. The van der Waals surface area contributed by atoms with E-state index in [-0.39, 0.29) is 6.42 Å². The van der Waals surface area contributed by atoms with E-state index < -0.39 is 11.9 Å². The van der Waals surface area contributed by atoms with Crippen molar-refractivity contribution in [3.05, 3.63) is 62.6 Å². The Kier molecular flexibility index (Phi) is 4.63. The zero-order chi connectivity index (χ0) is 14.0. The third kappa shape index (κ3) is 3.37. The van der Waals surface area contributed by atoms with Crippen LogP contribution in [-0.4, -0.2) is 4.98 Å². The maximum absolute atomic E-state index is 13.7. The van der Waals surface area contributed by atoms with Gasteiger partial charge in [0.1, 0.15) is 5.82 Å². The maximum atomic E-state index is 13.7. The summed E-state index contributed by atoms with van der Waals surface area (Å²) < 4.78 is 13.7. The van der Waals surface area contributed by atoms with E-state index in [1.807, 2.05) is 0 Å². The summed E-state index contributed by atoms with van der Waals surface area (Å²) in [5, 5.41) is 1.11. The first-order chi connectivity index (χ1) is 8.99. The van der Waals surface area contributed by atoms with Crippen LogP contribution < -0.4 is 5.73 Å².